The fourth-order valence-electron chi connectivity index (χ4n) is 4.26. The van der Waals surface area contributed by atoms with E-state index in [2.05, 4.69) is 39.0 Å². The van der Waals surface area contributed by atoms with Crippen molar-refractivity contribution < 1.29 is 4.74 Å². The summed E-state index contributed by atoms with van der Waals surface area (Å²) in [4.78, 5) is 16.1. The molecule has 1 N–H and O–H groups in total. The number of likely N-dealkylation sites (tertiary alicyclic amines) is 1. The summed E-state index contributed by atoms with van der Waals surface area (Å²) in [5, 5.41) is 5.28. The van der Waals surface area contributed by atoms with E-state index in [4.69, 9.17) is 39.5 Å². The van der Waals surface area contributed by atoms with Crippen molar-refractivity contribution in [2.24, 2.45) is 5.92 Å². The largest absolute Gasteiger partial charge is 0.496 e. The Balaban J connectivity index is 1.64. The lowest BCUT2D eigenvalue weighted by atomic mass is 9.96. The van der Waals surface area contributed by atoms with E-state index in [9.17, 15) is 0 Å². The number of methoxy groups -OCH3 is 1. The van der Waals surface area contributed by atoms with E-state index in [0.717, 1.165) is 54.6 Å². The second-order valence-electron chi connectivity index (χ2n) is 8.62. The summed E-state index contributed by atoms with van der Waals surface area (Å²) in [5.41, 5.74) is 0.817. The number of nitrogens with one attached hydrogen (secondary N) is 1. The Morgan fingerprint density at radius 2 is 1.73 bits per heavy atom. The minimum absolute atomic E-state index is 0.0922. The van der Waals surface area contributed by atoms with Gasteiger partial charge in [0.15, 0.2) is 11.6 Å². The number of aromatic nitrogens is 3. The molecule has 0 saturated carbocycles. The Morgan fingerprint density at radius 3 is 2.36 bits per heavy atom. The highest BCUT2D eigenvalue weighted by Crippen LogP contribution is 2.38. The van der Waals surface area contributed by atoms with Crippen molar-refractivity contribution in [2.75, 3.05) is 32.1 Å². The molecule has 2 heterocycles. The standard InChI is InChI=1S/C24H28Cl3N5O/c1-15(2)32-12-10-16(11-13-32)14-28-23-30-21(29-22(31-23)24(25,26)27)19-8-9-20(33-3)18-7-5-4-6-17(18)19/h4-9,15-16H,10-14H2,1-3H3,(H,28,29,30,31). The van der Waals surface area contributed by atoms with Gasteiger partial charge in [-0.3, -0.25) is 0 Å². The van der Waals surface area contributed by atoms with Crippen LogP contribution >= 0.6 is 34.8 Å². The third kappa shape index (κ3) is 5.62. The summed E-state index contributed by atoms with van der Waals surface area (Å²) in [7, 11) is 1.65. The molecule has 0 unspecified atom stereocenters. The van der Waals surface area contributed by atoms with E-state index in [1.807, 2.05) is 36.4 Å². The molecule has 3 aromatic rings. The average molecular weight is 509 g/mol. The monoisotopic (exact) mass is 507 g/mol. The quantitative estimate of drug-likeness (QED) is 0.408. The lowest BCUT2D eigenvalue weighted by molar-refractivity contribution is 0.153. The highest BCUT2D eigenvalue weighted by molar-refractivity contribution is 6.66. The van der Waals surface area contributed by atoms with Crippen LogP contribution in [0.5, 0.6) is 5.75 Å². The van der Waals surface area contributed by atoms with Crippen LogP contribution in [0.25, 0.3) is 22.2 Å². The average Bonchev–Trinajstić information content (AvgIpc) is 2.81. The molecule has 0 aliphatic carbocycles. The Morgan fingerprint density at radius 1 is 1.03 bits per heavy atom. The SMILES string of the molecule is COc1ccc(-c2nc(NCC3CCN(C(C)C)CC3)nc(C(Cl)(Cl)Cl)n2)c2ccccc12. The number of fused-ring (bicyclic) bond motifs is 1. The number of piperidine rings is 1. The summed E-state index contributed by atoms with van der Waals surface area (Å²) in [6.45, 7) is 7.45. The van der Waals surface area contributed by atoms with Crippen LogP contribution < -0.4 is 10.1 Å². The number of nitrogens with zero attached hydrogens (tertiary/aromatic N) is 4. The van der Waals surface area contributed by atoms with Crippen molar-refractivity contribution in [3.8, 4) is 17.1 Å². The Kier molecular flexibility index (Phi) is 7.49. The van der Waals surface area contributed by atoms with Crippen molar-refractivity contribution >= 4 is 51.5 Å². The van der Waals surface area contributed by atoms with Gasteiger partial charge in [-0.25, -0.2) is 4.98 Å². The van der Waals surface area contributed by atoms with Crippen molar-refractivity contribution in [3.05, 3.63) is 42.2 Å². The molecule has 2 aromatic carbocycles. The molecule has 176 valence electrons. The summed E-state index contributed by atoms with van der Waals surface area (Å²) in [6.07, 6.45) is 2.26. The maximum absolute atomic E-state index is 6.18. The van der Waals surface area contributed by atoms with Crippen molar-refractivity contribution in [1.82, 2.24) is 19.9 Å². The van der Waals surface area contributed by atoms with Gasteiger partial charge in [-0.2, -0.15) is 9.97 Å². The van der Waals surface area contributed by atoms with Crippen molar-refractivity contribution in [1.29, 1.82) is 0 Å². The highest BCUT2D eigenvalue weighted by Gasteiger charge is 2.29. The molecule has 1 saturated heterocycles. The van der Waals surface area contributed by atoms with Gasteiger partial charge in [-0.05, 0) is 63.2 Å². The molecule has 0 bridgehead atoms. The molecule has 4 rings (SSSR count). The topological polar surface area (TPSA) is 63.2 Å². The second-order valence-corrected chi connectivity index (χ2v) is 10.9. The molecular formula is C24H28Cl3N5O. The molecule has 1 aliphatic rings. The van der Waals surface area contributed by atoms with E-state index in [1.54, 1.807) is 7.11 Å². The number of hydrogen-bond acceptors (Lipinski definition) is 6. The van der Waals surface area contributed by atoms with Gasteiger partial charge < -0.3 is 15.0 Å². The number of benzene rings is 2. The lowest BCUT2D eigenvalue weighted by Crippen LogP contribution is -2.40. The molecule has 1 aliphatic heterocycles. The van der Waals surface area contributed by atoms with Gasteiger partial charge in [-0.15, -0.1) is 0 Å². The first kappa shape index (κ1) is 24.3. The maximum atomic E-state index is 6.18. The summed E-state index contributed by atoms with van der Waals surface area (Å²) in [5.74, 6) is 2.26. The normalized spacial score (nSPS) is 15.8. The Bertz CT molecular complexity index is 1110. The van der Waals surface area contributed by atoms with Gasteiger partial charge in [0.1, 0.15) is 5.75 Å². The molecule has 0 amide bonds. The van der Waals surface area contributed by atoms with Gasteiger partial charge >= 0.3 is 0 Å². The highest BCUT2D eigenvalue weighted by atomic mass is 35.6. The van der Waals surface area contributed by atoms with E-state index in [0.29, 0.717) is 23.7 Å². The van der Waals surface area contributed by atoms with E-state index >= 15 is 0 Å². The minimum atomic E-state index is -1.76. The Labute approximate surface area is 209 Å². The minimum Gasteiger partial charge on any atom is -0.496 e. The van der Waals surface area contributed by atoms with Gasteiger partial charge in [-0.1, -0.05) is 59.1 Å². The molecule has 1 fully saturated rings. The van der Waals surface area contributed by atoms with Gasteiger partial charge in [0.25, 0.3) is 0 Å². The number of rotatable bonds is 6. The number of halogens is 3. The number of alkyl halides is 3. The van der Waals surface area contributed by atoms with Gasteiger partial charge in [0, 0.05) is 23.5 Å². The third-order valence-corrected chi connectivity index (χ3v) is 6.67. The third-order valence-electron chi connectivity index (χ3n) is 6.16. The first-order valence-corrected chi connectivity index (χ1v) is 12.3. The summed E-state index contributed by atoms with van der Waals surface area (Å²) < 4.78 is 3.75. The fraction of sp³-hybridized carbons (Fsp3) is 0.458. The molecule has 1 aromatic heterocycles. The zero-order valence-electron chi connectivity index (χ0n) is 19.0. The first-order valence-electron chi connectivity index (χ1n) is 11.1. The predicted molar refractivity (Wildman–Crippen MR) is 136 cm³/mol. The van der Waals surface area contributed by atoms with Crippen LogP contribution in [0.15, 0.2) is 36.4 Å². The van der Waals surface area contributed by atoms with Crippen molar-refractivity contribution in [3.63, 3.8) is 0 Å². The predicted octanol–water partition coefficient (Wildman–Crippen LogP) is 6.06. The van der Waals surface area contributed by atoms with Crippen LogP contribution in [0.3, 0.4) is 0 Å². The zero-order chi connectivity index (χ0) is 23.6. The Hall–Kier alpha value is -1.86. The fourth-order valence-corrected chi connectivity index (χ4v) is 4.51. The molecule has 9 heteroatoms. The van der Waals surface area contributed by atoms with Gasteiger partial charge in [0.2, 0.25) is 9.74 Å². The van der Waals surface area contributed by atoms with Crippen LogP contribution in [-0.4, -0.2) is 52.6 Å². The summed E-state index contributed by atoms with van der Waals surface area (Å²) in [6, 6.07) is 12.3. The van der Waals surface area contributed by atoms with Gasteiger partial charge in [0.05, 0.1) is 7.11 Å². The molecule has 0 radical (unpaired) electrons. The number of ether oxygens (including phenoxy) is 1. The molecule has 6 nitrogen and oxygen atoms in total. The zero-order valence-corrected chi connectivity index (χ0v) is 21.3. The van der Waals surface area contributed by atoms with E-state index in [1.165, 1.54) is 0 Å². The first-order chi connectivity index (χ1) is 15.8. The molecule has 0 atom stereocenters. The van der Waals surface area contributed by atoms with Crippen LogP contribution in [0, 0.1) is 5.92 Å². The van der Waals surface area contributed by atoms with Crippen LogP contribution in [0.1, 0.15) is 32.5 Å². The van der Waals surface area contributed by atoms with E-state index < -0.39 is 3.79 Å². The molecular weight excluding hydrogens is 481 g/mol. The van der Waals surface area contributed by atoms with E-state index in [-0.39, 0.29) is 5.82 Å². The van der Waals surface area contributed by atoms with Crippen LogP contribution in [0.4, 0.5) is 5.95 Å². The lowest BCUT2D eigenvalue weighted by Gasteiger charge is -2.34. The number of hydrogen-bond donors (Lipinski definition) is 1. The second kappa shape index (κ2) is 10.2. The molecule has 0 spiro atoms. The van der Waals surface area contributed by atoms with Crippen LogP contribution in [-0.2, 0) is 3.79 Å². The van der Waals surface area contributed by atoms with Crippen molar-refractivity contribution in [2.45, 2.75) is 36.5 Å². The smallest absolute Gasteiger partial charge is 0.250 e. The molecule has 33 heavy (non-hydrogen) atoms. The summed E-state index contributed by atoms with van der Waals surface area (Å²) >= 11 is 18.5. The maximum Gasteiger partial charge on any atom is 0.250 e. The van der Waals surface area contributed by atoms with Crippen LogP contribution in [0.2, 0.25) is 0 Å². The number of anilines is 1.